The van der Waals surface area contributed by atoms with Crippen molar-refractivity contribution in [2.24, 2.45) is 0 Å². The van der Waals surface area contributed by atoms with E-state index >= 15 is 0 Å². The molecule has 0 aliphatic carbocycles. The van der Waals surface area contributed by atoms with Crippen molar-refractivity contribution in [2.45, 2.75) is 12.9 Å². The number of aliphatic hydroxyl groups excluding tert-OH is 1. The molecule has 0 aliphatic rings. The van der Waals surface area contributed by atoms with Gasteiger partial charge in [0.05, 0.1) is 6.61 Å². The average Bonchev–Trinajstić information content (AvgIpc) is 2.15. The monoisotopic (exact) mass is 249 g/mol. The molecular formula is C11H14F3NO2. The van der Waals surface area contributed by atoms with Gasteiger partial charge < -0.3 is 9.84 Å². The SMILES string of the molecule is CN(CCO)Cc1cccc(OC(F)(F)F)c1. The van der Waals surface area contributed by atoms with Crippen molar-refractivity contribution < 1.29 is 23.0 Å². The smallest absolute Gasteiger partial charge is 0.406 e. The van der Waals surface area contributed by atoms with Gasteiger partial charge in [0.15, 0.2) is 0 Å². The molecule has 0 fully saturated rings. The van der Waals surface area contributed by atoms with Crippen LogP contribution < -0.4 is 4.74 Å². The Morgan fingerprint density at radius 2 is 2.06 bits per heavy atom. The summed E-state index contributed by atoms with van der Waals surface area (Å²) in [5, 5.41) is 8.71. The predicted molar refractivity (Wildman–Crippen MR) is 56.5 cm³/mol. The van der Waals surface area contributed by atoms with Gasteiger partial charge in [0, 0.05) is 13.1 Å². The first-order chi connectivity index (χ1) is 7.90. The minimum absolute atomic E-state index is 0.00917. The van der Waals surface area contributed by atoms with E-state index in [0.29, 0.717) is 18.7 Å². The van der Waals surface area contributed by atoms with E-state index < -0.39 is 6.36 Å². The molecule has 6 heteroatoms. The molecule has 0 heterocycles. The Hall–Kier alpha value is -1.27. The zero-order valence-corrected chi connectivity index (χ0v) is 9.37. The van der Waals surface area contributed by atoms with Crippen LogP contribution in [0, 0.1) is 0 Å². The molecule has 0 spiro atoms. The van der Waals surface area contributed by atoms with Crippen molar-refractivity contribution in [3.8, 4) is 5.75 Å². The normalized spacial score (nSPS) is 11.9. The van der Waals surface area contributed by atoms with Crippen LogP contribution in [0.3, 0.4) is 0 Å². The minimum atomic E-state index is -4.67. The number of ether oxygens (including phenoxy) is 1. The Bertz CT molecular complexity index is 355. The lowest BCUT2D eigenvalue weighted by Crippen LogP contribution is -2.21. The first-order valence-electron chi connectivity index (χ1n) is 5.05. The van der Waals surface area contributed by atoms with Gasteiger partial charge in [0.2, 0.25) is 0 Å². The van der Waals surface area contributed by atoms with Crippen LogP contribution in [0.25, 0.3) is 0 Å². The predicted octanol–water partition coefficient (Wildman–Crippen LogP) is 2.01. The van der Waals surface area contributed by atoms with E-state index in [1.165, 1.54) is 18.2 Å². The van der Waals surface area contributed by atoms with E-state index in [4.69, 9.17) is 5.11 Å². The van der Waals surface area contributed by atoms with Gasteiger partial charge in [0.25, 0.3) is 0 Å². The number of hydrogen-bond donors (Lipinski definition) is 1. The third kappa shape index (κ3) is 5.55. The maximum Gasteiger partial charge on any atom is 0.573 e. The topological polar surface area (TPSA) is 32.7 Å². The fraction of sp³-hybridized carbons (Fsp3) is 0.455. The second kappa shape index (κ2) is 5.88. The summed E-state index contributed by atoms with van der Waals surface area (Å²) in [5.74, 6) is -0.229. The van der Waals surface area contributed by atoms with Crippen LogP contribution in [0.15, 0.2) is 24.3 Å². The van der Waals surface area contributed by atoms with E-state index in [0.717, 1.165) is 0 Å². The molecule has 1 aromatic rings. The van der Waals surface area contributed by atoms with Gasteiger partial charge in [-0.05, 0) is 24.7 Å². The van der Waals surface area contributed by atoms with Gasteiger partial charge in [-0.25, -0.2) is 0 Å². The first-order valence-corrected chi connectivity index (χ1v) is 5.05. The molecule has 1 N–H and O–H groups in total. The third-order valence-electron chi connectivity index (χ3n) is 2.07. The molecule has 0 aromatic heterocycles. The maximum atomic E-state index is 12.0. The van der Waals surface area contributed by atoms with Crippen LogP contribution in [-0.2, 0) is 6.54 Å². The molecule has 0 bridgehead atoms. The van der Waals surface area contributed by atoms with Gasteiger partial charge in [-0.1, -0.05) is 12.1 Å². The number of hydrogen-bond acceptors (Lipinski definition) is 3. The van der Waals surface area contributed by atoms with Crippen LogP contribution in [0.4, 0.5) is 13.2 Å². The van der Waals surface area contributed by atoms with E-state index in [9.17, 15) is 13.2 Å². The number of benzene rings is 1. The average molecular weight is 249 g/mol. The summed E-state index contributed by atoms with van der Waals surface area (Å²) in [4.78, 5) is 1.80. The van der Waals surface area contributed by atoms with Crippen molar-refractivity contribution in [1.29, 1.82) is 0 Å². The molecule has 0 radical (unpaired) electrons. The Kier molecular flexibility index (Phi) is 4.77. The Morgan fingerprint density at radius 3 is 2.65 bits per heavy atom. The van der Waals surface area contributed by atoms with Crippen LogP contribution in [0.1, 0.15) is 5.56 Å². The number of aliphatic hydroxyl groups is 1. The van der Waals surface area contributed by atoms with Crippen LogP contribution in [-0.4, -0.2) is 36.6 Å². The summed E-state index contributed by atoms with van der Waals surface area (Å²) in [7, 11) is 1.77. The zero-order valence-electron chi connectivity index (χ0n) is 9.37. The summed E-state index contributed by atoms with van der Waals surface area (Å²) in [6, 6.07) is 5.80. The van der Waals surface area contributed by atoms with E-state index in [-0.39, 0.29) is 12.4 Å². The van der Waals surface area contributed by atoms with Crippen molar-refractivity contribution in [2.75, 3.05) is 20.2 Å². The van der Waals surface area contributed by atoms with Crippen LogP contribution in [0.5, 0.6) is 5.75 Å². The van der Waals surface area contributed by atoms with Crippen LogP contribution in [0.2, 0.25) is 0 Å². The first kappa shape index (κ1) is 13.8. The van der Waals surface area contributed by atoms with Crippen molar-refractivity contribution in [3.63, 3.8) is 0 Å². The Morgan fingerprint density at radius 1 is 1.35 bits per heavy atom. The molecule has 0 saturated carbocycles. The van der Waals surface area contributed by atoms with E-state index in [1.807, 2.05) is 0 Å². The number of alkyl halides is 3. The van der Waals surface area contributed by atoms with Gasteiger partial charge in [0.1, 0.15) is 5.75 Å². The molecule has 3 nitrogen and oxygen atoms in total. The lowest BCUT2D eigenvalue weighted by molar-refractivity contribution is -0.274. The van der Waals surface area contributed by atoms with Gasteiger partial charge in [-0.3, -0.25) is 4.90 Å². The quantitative estimate of drug-likeness (QED) is 0.866. The van der Waals surface area contributed by atoms with Crippen molar-refractivity contribution in [1.82, 2.24) is 4.90 Å². The highest BCUT2D eigenvalue weighted by Crippen LogP contribution is 2.23. The van der Waals surface area contributed by atoms with E-state index in [1.54, 1.807) is 18.0 Å². The summed E-state index contributed by atoms with van der Waals surface area (Å²) < 4.78 is 39.8. The fourth-order valence-electron chi connectivity index (χ4n) is 1.40. The highest BCUT2D eigenvalue weighted by molar-refractivity contribution is 5.28. The number of nitrogens with zero attached hydrogens (tertiary/aromatic N) is 1. The van der Waals surface area contributed by atoms with Crippen molar-refractivity contribution >= 4 is 0 Å². The fourth-order valence-corrected chi connectivity index (χ4v) is 1.40. The molecule has 1 rings (SSSR count). The molecule has 1 aromatic carbocycles. The summed E-state index contributed by atoms with van der Waals surface area (Å²) in [6.07, 6.45) is -4.67. The molecule has 0 aliphatic heterocycles. The maximum absolute atomic E-state index is 12.0. The zero-order chi connectivity index (χ0) is 12.9. The van der Waals surface area contributed by atoms with Crippen molar-refractivity contribution in [3.05, 3.63) is 29.8 Å². The van der Waals surface area contributed by atoms with E-state index in [2.05, 4.69) is 4.74 Å². The number of likely N-dealkylation sites (N-methyl/N-ethyl adjacent to an activating group) is 1. The summed E-state index contributed by atoms with van der Waals surface area (Å²) >= 11 is 0. The molecule has 17 heavy (non-hydrogen) atoms. The molecular weight excluding hydrogens is 235 g/mol. The Labute approximate surface area is 97.4 Å². The lowest BCUT2D eigenvalue weighted by Gasteiger charge is -2.16. The second-order valence-electron chi connectivity index (χ2n) is 3.66. The molecule has 96 valence electrons. The summed E-state index contributed by atoms with van der Waals surface area (Å²) in [5.41, 5.74) is 0.697. The standard InChI is InChI=1S/C11H14F3NO2/c1-15(5-6-16)8-9-3-2-4-10(7-9)17-11(12,13)14/h2-4,7,16H,5-6,8H2,1H3. The Balaban J connectivity index is 2.66. The minimum Gasteiger partial charge on any atom is -0.406 e. The van der Waals surface area contributed by atoms with Gasteiger partial charge in [-0.15, -0.1) is 13.2 Å². The lowest BCUT2D eigenvalue weighted by atomic mass is 10.2. The highest BCUT2D eigenvalue weighted by atomic mass is 19.4. The molecule has 0 amide bonds. The summed E-state index contributed by atoms with van der Waals surface area (Å²) in [6.45, 7) is 0.926. The highest BCUT2D eigenvalue weighted by Gasteiger charge is 2.31. The molecule has 0 unspecified atom stereocenters. The molecule has 0 atom stereocenters. The molecule has 0 saturated heterocycles. The number of halogens is 3. The van der Waals surface area contributed by atoms with Crippen LogP contribution >= 0.6 is 0 Å². The van der Waals surface area contributed by atoms with Gasteiger partial charge >= 0.3 is 6.36 Å². The largest absolute Gasteiger partial charge is 0.573 e. The second-order valence-corrected chi connectivity index (χ2v) is 3.66. The third-order valence-corrected chi connectivity index (χ3v) is 2.07. The van der Waals surface area contributed by atoms with Gasteiger partial charge in [-0.2, -0.15) is 0 Å². The number of rotatable bonds is 5.